The fourth-order valence-electron chi connectivity index (χ4n) is 3.94. The predicted molar refractivity (Wildman–Crippen MR) is 100 cm³/mol. The van der Waals surface area contributed by atoms with Crippen LogP contribution in [0.3, 0.4) is 0 Å². The van der Waals surface area contributed by atoms with E-state index in [-0.39, 0.29) is 11.3 Å². The van der Waals surface area contributed by atoms with E-state index in [1.165, 1.54) is 0 Å². The van der Waals surface area contributed by atoms with Crippen molar-refractivity contribution >= 4 is 23.2 Å². The fraction of sp³-hybridized carbons (Fsp3) is 0.400. The lowest BCUT2D eigenvalue weighted by molar-refractivity contribution is -0.141. The third kappa shape index (κ3) is 2.99. The van der Waals surface area contributed by atoms with Crippen molar-refractivity contribution in [1.82, 2.24) is 9.88 Å². The SMILES string of the molecule is O=C(N1CCN(c2cccnc2)CC1)C1(c2ccc(Cl)cc2)CCC1. The van der Waals surface area contributed by atoms with Gasteiger partial charge in [0.2, 0.25) is 5.91 Å². The van der Waals surface area contributed by atoms with Crippen LogP contribution in [0.15, 0.2) is 48.8 Å². The van der Waals surface area contributed by atoms with E-state index in [0.717, 1.165) is 61.7 Å². The number of carbonyl (C=O) groups is 1. The number of pyridine rings is 1. The minimum atomic E-state index is -0.332. The van der Waals surface area contributed by atoms with Gasteiger partial charge < -0.3 is 9.80 Å². The molecular weight excluding hydrogens is 334 g/mol. The highest BCUT2D eigenvalue weighted by Gasteiger charge is 2.47. The molecule has 1 aromatic carbocycles. The maximum atomic E-state index is 13.3. The molecule has 1 amide bonds. The number of halogens is 1. The largest absolute Gasteiger partial charge is 0.367 e. The molecule has 2 aliphatic rings. The predicted octanol–water partition coefficient (Wildman–Crippen LogP) is 3.51. The van der Waals surface area contributed by atoms with E-state index >= 15 is 0 Å². The quantitative estimate of drug-likeness (QED) is 0.845. The van der Waals surface area contributed by atoms with Gasteiger partial charge in [0, 0.05) is 37.4 Å². The average molecular weight is 356 g/mol. The standard InChI is InChI=1S/C20H22ClN3O/c21-17-6-4-16(5-7-17)20(8-2-9-20)19(25)24-13-11-23(12-14-24)18-3-1-10-22-15-18/h1,3-7,10,15H,2,8-9,11-14H2. The Balaban J connectivity index is 1.47. The number of carbonyl (C=O) groups excluding carboxylic acids is 1. The minimum absolute atomic E-state index is 0.284. The Labute approximate surface area is 153 Å². The molecule has 1 aromatic heterocycles. The normalized spacial score (nSPS) is 19.4. The van der Waals surface area contributed by atoms with Crippen LogP contribution in [-0.4, -0.2) is 42.0 Å². The summed E-state index contributed by atoms with van der Waals surface area (Å²) in [4.78, 5) is 21.8. The molecular formula is C20H22ClN3O. The van der Waals surface area contributed by atoms with Crippen molar-refractivity contribution in [3.05, 3.63) is 59.4 Å². The van der Waals surface area contributed by atoms with Crippen molar-refractivity contribution < 1.29 is 4.79 Å². The molecule has 0 radical (unpaired) electrons. The fourth-order valence-corrected chi connectivity index (χ4v) is 4.06. The van der Waals surface area contributed by atoms with E-state index in [9.17, 15) is 4.79 Å². The van der Waals surface area contributed by atoms with Gasteiger partial charge in [-0.1, -0.05) is 30.2 Å². The second-order valence-electron chi connectivity index (χ2n) is 6.93. The zero-order valence-electron chi connectivity index (χ0n) is 14.2. The van der Waals surface area contributed by atoms with Gasteiger partial charge in [0.1, 0.15) is 0 Å². The first-order valence-electron chi connectivity index (χ1n) is 8.89. The number of benzene rings is 1. The molecule has 0 unspecified atom stereocenters. The van der Waals surface area contributed by atoms with Gasteiger partial charge in [-0.3, -0.25) is 9.78 Å². The van der Waals surface area contributed by atoms with Gasteiger partial charge in [-0.2, -0.15) is 0 Å². The Morgan fingerprint density at radius 2 is 1.76 bits per heavy atom. The third-order valence-electron chi connectivity index (χ3n) is 5.59. The zero-order valence-corrected chi connectivity index (χ0v) is 15.0. The maximum absolute atomic E-state index is 13.3. The number of amides is 1. The summed E-state index contributed by atoms with van der Waals surface area (Å²) in [5, 5.41) is 0.718. The summed E-state index contributed by atoms with van der Waals surface area (Å²) in [6.45, 7) is 3.24. The van der Waals surface area contributed by atoms with Crippen LogP contribution >= 0.6 is 11.6 Å². The van der Waals surface area contributed by atoms with Crippen molar-refractivity contribution in [3.63, 3.8) is 0 Å². The van der Waals surface area contributed by atoms with E-state index in [4.69, 9.17) is 11.6 Å². The Kier molecular flexibility index (Phi) is 4.38. The molecule has 2 aromatic rings. The van der Waals surface area contributed by atoms with Crippen molar-refractivity contribution in [2.24, 2.45) is 0 Å². The summed E-state index contributed by atoms with van der Waals surface area (Å²) in [5.41, 5.74) is 1.91. The molecule has 2 heterocycles. The van der Waals surface area contributed by atoms with E-state index in [0.29, 0.717) is 0 Å². The van der Waals surface area contributed by atoms with Gasteiger partial charge >= 0.3 is 0 Å². The lowest BCUT2D eigenvalue weighted by Gasteiger charge is -2.46. The molecule has 1 aliphatic heterocycles. The molecule has 4 rings (SSSR count). The second kappa shape index (κ2) is 6.68. The Morgan fingerprint density at radius 1 is 1.04 bits per heavy atom. The molecule has 5 heteroatoms. The summed E-state index contributed by atoms with van der Waals surface area (Å²) in [7, 11) is 0. The van der Waals surface area contributed by atoms with Gasteiger partial charge in [0.05, 0.1) is 17.3 Å². The molecule has 0 N–H and O–H groups in total. The summed E-state index contributed by atoms with van der Waals surface area (Å²) in [5.74, 6) is 0.284. The zero-order chi connectivity index (χ0) is 17.3. The molecule has 1 aliphatic carbocycles. The summed E-state index contributed by atoms with van der Waals surface area (Å²) < 4.78 is 0. The monoisotopic (exact) mass is 355 g/mol. The number of hydrogen-bond donors (Lipinski definition) is 0. The van der Waals surface area contributed by atoms with Gasteiger partial charge in [-0.25, -0.2) is 0 Å². The van der Waals surface area contributed by atoms with Gasteiger partial charge in [-0.15, -0.1) is 0 Å². The number of aromatic nitrogens is 1. The molecule has 0 bridgehead atoms. The highest BCUT2D eigenvalue weighted by molar-refractivity contribution is 6.30. The first-order valence-corrected chi connectivity index (χ1v) is 9.27. The second-order valence-corrected chi connectivity index (χ2v) is 7.37. The van der Waals surface area contributed by atoms with Crippen LogP contribution in [0.25, 0.3) is 0 Å². The molecule has 130 valence electrons. The van der Waals surface area contributed by atoms with Crippen molar-refractivity contribution in [3.8, 4) is 0 Å². The van der Waals surface area contributed by atoms with Crippen LogP contribution in [0.2, 0.25) is 5.02 Å². The van der Waals surface area contributed by atoms with Crippen molar-refractivity contribution in [2.45, 2.75) is 24.7 Å². The maximum Gasteiger partial charge on any atom is 0.233 e. The number of rotatable bonds is 3. The number of anilines is 1. The van der Waals surface area contributed by atoms with Crippen LogP contribution in [-0.2, 0) is 10.2 Å². The highest BCUT2D eigenvalue weighted by atomic mass is 35.5. The Morgan fingerprint density at radius 3 is 2.32 bits per heavy atom. The van der Waals surface area contributed by atoms with Crippen LogP contribution in [0.5, 0.6) is 0 Å². The Bertz CT molecular complexity index is 735. The van der Waals surface area contributed by atoms with Crippen molar-refractivity contribution in [2.75, 3.05) is 31.1 Å². The molecule has 0 spiro atoms. The third-order valence-corrected chi connectivity index (χ3v) is 5.84. The van der Waals surface area contributed by atoms with Crippen molar-refractivity contribution in [1.29, 1.82) is 0 Å². The lowest BCUT2D eigenvalue weighted by atomic mass is 9.63. The number of hydrogen-bond acceptors (Lipinski definition) is 3. The van der Waals surface area contributed by atoms with Crippen LogP contribution in [0.1, 0.15) is 24.8 Å². The van der Waals surface area contributed by atoms with E-state index < -0.39 is 0 Å². The minimum Gasteiger partial charge on any atom is -0.367 e. The molecule has 1 saturated carbocycles. The average Bonchev–Trinajstić information content (AvgIpc) is 2.63. The number of piperazine rings is 1. The highest BCUT2D eigenvalue weighted by Crippen LogP contribution is 2.45. The molecule has 2 fully saturated rings. The molecule has 1 saturated heterocycles. The van der Waals surface area contributed by atoms with Gasteiger partial charge in [-0.05, 0) is 42.7 Å². The Hall–Kier alpha value is -2.07. The van der Waals surface area contributed by atoms with Gasteiger partial charge in [0.25, 0.3) is 0 Å². The summed E-state index contributed by atoms with van der Waals surface area (Å²) >= 11 is 6.02. The molecule has 25 heavy (non-hydrogen) atoms. The topological polar surface area (TPSA) is 36.4 Å². The van der Waals surface area contributed by atoms with E-state index in [1.54, 1.807) is 6.20 Å². The van der Waals surface area contributed by atoms with E-state index in [2.05, 4.69) is 16.0 Å². The lowest BCUT2D eigenvalue weighted by Crippen LogP contribution is -2.56. The van der Waals surface area contributed by atoms with Crippen LogP contribution in [0.4, 0.5) is 5.69 Å². The first kappa shape index (κ1) is 16.4. The van der Waals surface area contributed by atoms with Crippen LogP contribution < -0.4 is 4.90 Å². The molecule has 0 atom stereocenters. The van der Waals surface area contributed by atoms with E-state index in [1.807, 2.05) is 41.4 Å². The smallest absolute Gasteiger partial charge is 0.233 e. The van der Waals surface area contributed by atoms with Gasteiger partial charge in [0.15, 0.2) is 0 Å². The van der Waals surface area contributed by atoms with Crippen LogP contribution in [0, 0.1) is 0 Å². The molecule has 4 nitrogen and oxygen atoms in total. The first-order chi connectivity index (χ1) is 12.2. The number of nitrogens with zero attached hydrogens (tertiary/aromatic N) is 3. The summed E-state index contributed by atoms with van der Waals surface area (Å²) in [6, 6.07) is 11.9. The summed E-state index contributed by atoms with van der Waals surface area (Å²) in [6.07, 6.45) is 6.67.